The van der Waals surface area contributed by atoms with Crippen LogP contribution in [0.25, 0.3) is 16.6 Å². The first-order valence-corrected chi connectivity index (χ1v) is 12.5. The van der Waals surface area contributed by atoms with Gasteiger partial charge in [-0.3, -0.25) is 0 Å². The van der Waals surface area contributed by atoms with E-state index < -0.39 is 14.4 Å². The maximum absolute atomic E-state index is 12.4. The summed E-state index contributed by atoms with van der Waals surface area (Å²) < 4.78 is 44.0. The van der Waals surface area contributed by atoms with E-state index in [2.05, 4.69) is 63.3 Å². The molecule has 4 nitrogen and oxygen atoms in total. The Labute approximate surface area is 163 Å². The average molecular weight is 491 g/mol. The summed E-state index contributed by atoms with van der Waals surface area (Å²) in [7, 11) is -1.73. The second-order valence-corrected chi connectivity index (χ2v) is 13.1. The minimum absolute atomic E-state index is 0.217. The lowest BCUT2D eigenvalue weighted by Gasteiger charge is -2.19. The largest absolute Gasteiger partial charge is 0.573 e. The summed E-state index contributed by atoms with van der Waals surface area (Å²) in [4.78, 5) is 0. The van der Waals surface area contributed by atoms with Crippen LogP contribution in [0.15, 0.2) is 30.3 Å². The summed E-state index contributed by atoms with van der Waals surface area (Å²) in [6, 6.07) is 8.44. The Morgan fingerprint density at radius 3 is 2.38 bits per heavy atom. The second kappa shape index (κ2) is 6.52. The molecule has 138 valence electrons. The van der Waals surface area contributed by atoms with Crippen molar-refractivity contribution >= 4 is 41.5 Å². The molecule has 0 aliphatic rings. The van der Waals surface area contributed by atoms with Crippen molar-refractivity contribution in [1.29, 1.82) is 0 Å². The molecule has 0 unspecified atom stereocenters. The van der Waals surface area contributed by atoms with Crippen molar-refractivity contribution in [2.75, 3.05) is 0 Å². The van der Waals surface area contributed by atoms with Crippen molar-refractivity contribution in [2.45, 2.75) is 32.9 Å². The van der Waals surface area contributed by atoms with Crippen molar-refractivity contribution in [3.05, 3.63) is 39.6 Å². The number of benzene rings is 1. The molecule has 26 heavy (non-hydrogen) atoms. The van der Waals surface area contributed by atoms with E-state index in [-0.39, 0.29) is 5.75 Å². The average Bonchev–Trinajstić information content (AvgIpc) is 2.85. The number of aromatic nitrogens is 3. The number of ether oxygens (including phenoxy) is 1. The van der Waals surface area contributed by atoms with Crippen molar-refractivity contribution in [3.63, 3.8) is 0 Å². The third-order valence-electron chi connectivity index (χ3n) is 3.99. The van der Waals surface area contributed by atoms with E-state index in [0.29, 0.717) is 5.56 Å². The number of nitrogens with zero attached hydrogens (tertiary/aromatic N) is 3. The lowest BCUT2D eigenvalue weighted by Crippen LogP contribution is -2.42. The number of aryl methyl sites for hydroxylation is 1. The maximum atomic E-state index is 12.4. The standard InChI is InChI=1S/C17H17F3IN3OSi/c1-10-7-12(25-17(18,19)20)5-6-13(10)11-8-14-16(21)22-23-24(14)15(9-11)26(2,3)4/h5-9H,1-4H3. The van der Waals surface area contributed by atoms with Crippen LogP contribution in [0.1, 0.15) is 5.56 Å². The molecular formula is C17H17F3IN3OSi. The normalized spacial score (nSPS) is 12.6. The summed E-state index contributed by atoms with van der Waals surface area (Å²) >= 11 is 2.14. The number of fused-ring (bicyclic) bond motifs is 1. The smallest absolute Gasteiger partial charge is 0.406 e. The van der Waals surface area contributed by atoms with E-state index in [0.717, 1.165) is 25.7 Å². The van der Waals surface area contributed by atoms with Crippen LogP contribution in [0.3, 0.4) is 0 Å². The van der Waals surface area contributed by atoms with E-state index in [1.165, 1.54) is 12.1 Å². The van der Waals surface area contributed by atoms with Crippen molar-refractivity contribution < 1.29 is 17.9 Å². The van der Waals surface area contributed by atoms with Crippen LogP contribution < -0.4 is 10.1 Å². The molecule has 0 spiro atoms. The zero-order chi connectivity index (χ0) is 19.3. The molecule has 3 aromatic rings. The number of hydrogen-bond acceptors (Lipinski definition) is 3. The molecule has 0 amide bonds. The van der Waals surface area contributed by atoms with Gasteiger partial charge in [0.1, 0.15) is 19.3 Å². The number of pyridine rings is 1. The Morgan fingerprint density at radius 2 is 1.81 bits per heavy atom. The molecule has 0 fully saturated rings. The van der Waals surface area contributed by atoms with Gasteiger partial charge in [0, 0.05) is 5.32 Å². The molecule has 0 radical (unpaired) electrons. The van der Waals surface area contributed by atoms with Crippen LogP contribution in [-0.4, -0.2) is 29.3 Å². The van der Waals surface area contributed by atoms with Gasteiger partial charge < -0.3 is 4.74 Å². The van der Waals surface area contributed by atoms with Crippen LogP contribution in [-0.2, 0) is 0 Å². The Kier molecular flexibility index (Phi) is 4.80. The van der Waals surface area contributed by atoms with Crippen molar-refractivity contribution in [1.82, 2.24) is 14.8 Å². The number of alkyl halides is 3. The summed E-state index contributed by atoms with van der Waals surface area (Å²) in [5, 5.41) is 9.51. The van der Waals surface area contributed by atoms with Gasteiger partial charge in [-0.15, -0.1) is 18.3 Å². The zero-order valence-corrected chi connectivity index (χ0v) is 17.8. The first-order chi connectivity index (χ1) is 12.0. The predicted octanol–water partition coefficient (Wildman–Crippen LogP) is 4.75. The van der Waals surface area contributed by atoms with Gasteiger partial charge in [0.25, 0.3) is 0 Å². The summed E-state index contributed by atoms with van der Waals surface area (Å²) in [5.41, 5.74) is 3.40. The third kappa shape index (κ3) is 3.87. The first-order valence-electron chi connectivity index (χ1n) is 7.88. The van der Waals surface area contributed by atoms with Gasteiger partial charge in [-0.05, 0) is 70.5 Å². The molecule has 0 bridgehead atoms. The van der Waals surface area contributed by atoms with Crippen molar-refractivity contribution in [3.8, 4) is 16.9 Å². The molecule has 1 aromatic carbocycles. The molecule has 2 aromatic heterocycles. The van der Waals surface area contributed by atoms with Crippen LogP contribution in [0.5, 0.6) is 5.75 Å². The Balaban J connectivity index is 2.15. The molecule has 9 heteroatoms. The van der Waals surface area contributed by atoms with Gasteiger partial charge in [0.2, 0.25) is 0 Å². The highest BCUT2D eigenvalue weighted by molar-refractivity contribution is 14.1. The maximum Gasteiger partial charge on any atom is 0.573 e. The summed E-state index contributed by atoms with van der Waals surface area (Å²) in [6.07, 6.45) is -4.70. The van der Waals surface area contributed by atoms with E-state index in [1.54, 1.807) is 13.0 Å². The summed E-state index contributed by atoms with van der Waals surface area (Å²) in [5.74, 6) is -0.217. The van der Waals surface area contributed by atoms with Gasteiger partial charge in [-0.2, -0.15) is 0 Å². The quantitative estimate of drug-likeness (QED) is 0.392. The summed E-state index contributed by atoms with van der Waals surface area (Å²) in [6.45, 7) is 8.42. The van der Waals surface area contributed by atoms with Crippen LogP contribution in [0.2, 0.25) is 19.6 Å². The van der Waals surface area contributed by atoms with Gasteiger partial charge in [-0.1, -0.05) is 30.9 Å². The molecule has 0 aliphatic carbocycles. The Bertz CT molecular complexity index is 980. The highest BCUT2D eigenvalue weighted by Gasteiger charge is 2.31. The first kappa shape index (κ1) is 19.1. The second-order valence-electron chi connectivity index (χ2n) is 7.08. The fourth-order valence-corrected chi connectivity index (χ4v) is 4.68. The number of rotatable bonds is 3. The van der Waals surface area contributed by atoms with E-state index >= 15 is 0 Å². The molecule has 3 rings (SSSR count). The fraction of sp³-hybridized carbons (Fsp3) is 0.294. The topological polar surface area (TPSA) is 39.4 Å². The minimum atomic E-state index is -4.70. The highest BCUT2D eigenvalue weighted by atomic mass is 127. The van der Waals surface area contributed by atoms with E-state index in [9.17, 15) is 13.2 Å². The van der Waals surface area contributed by atoms with Crippen LogP contribution >= 0.6 is 22.6 Å². The van der Waals surface area contributed by atoms with Gasteiger partial charge >= 0.3 is 6.36 Å². The monoisotopic (exact) mass is 491 g/mol. The Morgan fingerprint density at radius 1 is 1.12 bits per heavy atom. The minimum Gasteiger partial charge on any atom is -0.406 e. The molecule has 2 heterocycles. The van der Waals surface area contributed by atoms with Gasteiger partial charge in [0.05, 0.1) is 0 Å². The number of hydrogen-bond donors (Lipinski definition) is 0. The molecule has 0 aliphatic heterocycles. The molecule has 0 atom stereocenters. The molecule has 0 saturated carbocycles. The SMILES string of the molecule is Cc1cc(OC(F)(F)F)ccc1-c1cc([Si](C)(C)C)n2nnc(I)c2c1. The molecule has 0 saturated heterocycles. The number of halogens is 4. The lowest BCUT2D eigenvalue weighted by molar-refractivity contribution is -0.274. The van der Waals surface area contributed by atoms with Gasteiger partial charge in [-0.25, -0.2) is 4.52 Å². The molecule has 0 N–H and O–H groups in total. The zero-order valence-electron chi connectivity index (χ0n) is 14.6. The third-order valence-corrected chi connectivity index (χ3v) is 6.65. The Hall–Kier alpha value is -1.62. The van der Waals surface area contributed by atoms with E-state index in [4.69, 9.17) is 0 Å². The lowest BCUT2D eigenvalue weighted by atomic mass is 10.0. The van der Waals surface area contributed by atoms with Crippen LogP contribution in [0.4, 0.5) is 13.2 Å². The highest BCUT2D eigenvalue weighted by Crippen LogP contribution is 2.31. The van der Waals surface area contributed by atoms with E-state index in [1.807, 2.05) is 10.6 Å². The fourth-order valence-electron chi connectivity index (χ4n) is 2.81. The van der Waals surface area contributed by atoms with Gasteiger partial charge in [0.15, 0.2) is 3.70 Å². The van der Waals surface area contributed by atoms with Crippen molar-refractivity contribution in [2.24, 2.45) is 0 Å². The molecular weight excluding hydrogens is 474 g/mol. The predicted molar refractivity (Wildman–Crippen MR) is 106 cm³/mol. The van der Waals surface area contributed by atoms with Crippen LogP contribution in [0, 0.1) is 10.6 Å².